The summed E-state index contributed by atoms with van der Waals surface area (Å²) in [4.78, 5) is 25.3. The summed E-state index contributed by atoms with van der Waals surface area (Å²) in [6.45, 7) is 8.88. The van der Waals surface area contributed by atoms with Gasteiger partial charge in [-0.25, -0.2) is 23.2 Å². The third-order valence-corrected chi connectivity index (χ3v) is 7.53. The predicted octanol–water partition coefficient (Wildman–Crippen LogP) is 2.52. The first-order valence-corrected chi connectivity index (χ1v) is 12.0. The molecule has 32 heavy (non-hydrogen) atoms. The van der Waals surface area contributed by atoms with Crippen molar-refractivity contribution in [3.63, 3.8) is 0 Å². The summed E-state index contributed by atoms with van der Waals surface area (Å²) >= 11 is 0. The van der Waals surface area contributed by atoms with E-state index in [-0.39, 0.29) is 29.4 Å². The normalized spacial score (nSPS) is 15.2. The number of rotatable bonds is 7. The van der Waals surface area contributed by atoms with Gasteiger partial charge in [-0.3, -0.25) is 0 Å². The lowest BCUT2D eigenvalue weighted by molar-refractivity contribution is 0.191. The van der Waals surface area contributed by atoms with E-state index in [0.29, 0.717) is 45.2 Å². The van der Waals surface area contributed by atoms with Crippen LogP contribution in [0.3, 0.4) is 0 Å². The zero-order chi connectivity index (χ0) is 22.4. The zero-order valence-electron chi connectivity index (χ0n) is 18.6. The van der Waals surface area contributed by atoms with Crippen molar-refractivity contribution in [1.29, 1.82) is 0 Å². The molecule has 1 aromatic heterocycles. The molecule has 1 aliphatic rings. The minimum atomic E-state index is -3.49. The number of hydrogen-bond donors (Lipinski definition) is 1. The Kier molecular flexibility index (Phi) is 9.23. The number of benzene rings is 1. The van der Waals surface area contributed by atoms with Crippen LogP contribution >= 0.6 is 12.4 Å². The van der Waals surface area contributed by atoms with Crippen molar-refractivity contribution >= 4 is 34.4 Å². The average Bonchev–Trinajstić information content (AvgIpc) is 2.80. The van der Waals surface area contributed by atoms with Crippen LogP contribution in [-0.4, -0.2) is 72.9 Å². The Bertz CT molecular complexity index is 963. The van der Waals surface area contributed by atoms with Crippen molar-refractivity contribution in [3.05, 3.63) is 48.3 Å². The molecule has 0 saturated carbocycles. The highest BCUT2D eigenvalue weighted by molar-refractivity contribution is 7.89. The molecule has 1 atom stereocenters. The maximum Gasteiger partial charge on any atom is 0.317 e. The Morgan fingerprint density at radius 1 is 1.06 bits per heavy atom. The van der Waals surface area contributed by atoms with Gasteiger partial charge in [-0.15, -0.1) is 12.4 Å². The molecule has 2 amide bonds. The first-order valence-electron chi connectivity index (χ1n) is 10.5. The van der Waals surface area contributed by atoms with E-state index in [1.807, 2.05) is 20.8 Å². The highest BCUT2D eigenvalue weighted by Crippen LogP contribution is 2.20. The number of carbonyl (C=O) groups is 1. The molecule has 2 heterocycles. The first-order chi connectivity index (χ1) is 14.9. The van der Waals surface area contributed by atoms with Gasteiger partial charge in [-0.2, -0.15) is 4.31 Å². The van der Waals surface area contributed by atoms with E-state index in [4.69, 9.17) is 0 Å². The minimum Gasteiger partial charge on any atom is -0.337 e. The number of halogens is 1. The number of urea groups is 1. The van der Waals surface area contributed by atoms with E-state index in [1.54, 1.807) is 47.6 Å². The van der Waals surface area contributed by atoms with Gasteiger partial charge in [0.15, 0.2) is 0 Å². The standard InChI is InChI=1S/C21H30N6O3S.ClH/c1-4-27(5-2)31(29,30)19-9-7-18(8-10-19)17(3)24-21(28)26-15-13-25(14-16-26)20-22-11-6-12-23-20;/h6-12,17H,4-5,13-16H2,1-3H3,(H,24,28);1H. The molecular weight excluding hydrogens is 452 g/mol. The van der Waals surface area contributed by atoms with E-state index in [2.05, 4.69) is 20.2 Å². The van der Waals surface area contributed by atoms with E-state index in [1.165, 1.54) is 4.31 Å². The highest BCUT2D eigenvalue weighted by Gasteiger charge is 2.24. The molecule has 176 valence electrons. The van der Waals surface area contributed by atoms with Crippen molar-refractivity contribution in [1.82, 2.24) is 24.5 Å². The summed E-state index contributed by atoms with van der Waals surface area (Å²) in [6, 6.07) is 8.11. The fourth-order valence-corrected chi connectivity index (χ4v) is 5.02. The smallest absolute Gasteiger partial charge is 0.317 e. The number of sulfonamides is 1. The summed E-state index contributed by atoms with van der Waals surface area (Å²) in [5.41, 5.74) is 0.850. The molecule has 1 saturated heterocycles. The van der Waals surface area contributed by atoms with Crippen LogP contribution in [0.4, 0.5) is 10.7 Å². The molecule has 0 bridgehead atoms. The molecule has 0 aliphatic carbocycles. The Labute approximate surface area is 196 Å². The fourth-order valence-electron chi connectivity index (χ4n) is 3.56. The number of amides is 2. The quantitative estimate of drug-likeness (QED) is 0.651. The summed E-state index contributed by atoms with van der Waals surface area (Å²) in [5, 5.41) is 3.00. The molecule has 11 heteroatoms. The Balaban J connectivity index is 0.00000363. The lowest BCUT2D eigenvalue weighted by atomic mass is 10.1. The van der Waals surface area contributed by atoms with Crippen LogP contribution in [0.1, 0.15) is 32.4 Å². The second-order valence-corrected chi connectivity index (χ2v) is 9.29. The van der Waals surface area contributed by atoms with Gasteiger partial charge in [-0.1, -0.05) is 26.0 Å². The van der Waals surface area contributed by atoms with E-state index in [9.17, 15) is 13.2 Å². The van der Waals surface area contributed by atoms with Crippen LogP contribution in [-0.2, 0) is 10.0 Å². The summed E-state index contributed by atoms with van der Waals surface area (Å²) < 4.78 is 26.7. The van der Waals surface area contributed by atoms with Crippen LogP contribution in [0.25, 0.3) is 0 Å². The molecule has 0 radical (unpaired) electrons. The third-order valence-electron chi connectivity index (χ3n) is 5.47. The van der Waals surface area contributed by atoms with Gasteiger partial charge in [0, 0.05) is 51.7 Å². The van der Waals surface area contributed by atoms with E-state index >= 15 is 0 Å². The zero-order valence-corrected chi connectivity index (χ0v) is 20.3. The summed E-state index contributed by atoms with van der Waals surface area (Å²) in [6.07, 6.45) is 3.42. The van der Waals surface area contributed by atoms with Gasteiger partial charge in [0.1, 0.15) is 0 Å². The molecule has 9 nitrogen and oxygen atoms in total. The molecular formula is C21H31ClN6O3S. The van der Waals surface area contributed by atoms with Crippen LogP contribution in [0.5, 0.6) is 0 Å². The van der Waals surface area contributed by atoms with Gasteiger partial charge in [0.25, 0.3) is 0 Å². The lowest BCUT2D eigenvalue weighted by Crippen LogP contribution is -2.52. The largest absolute Gasteiger partial charge is 0.337 e. The number of carbonyl (C=O) groups excluding carboxylic acids is 1. The van der Waals surface area contributed by atoms with Crippen LogP contribution in [0.2, 0.25) is 0 Å². The van der Waals surface area contributed by atoms with E-state index < -0.39 is 10.0 Å². The SMILES string of the molecule is CCN(CC)S(=O)(=O)c1ccc(C(C)NC(=O)N2CCN(c3ncccn3)CC2)cc1.Cl. The highest BCUT2D eigenvalue weighted by atomic mass is 35.5. The summed E-state index contributed by atoms with van der Waals surface area (Å²) in [5.74, 6) is 0.677. The molecule has 1 N–H and O–H groups in total. The van der Waals surface area contributed by atoms with Crippen LogP contribution in [0.15, 0.2) is 47.6 Å². The number of nitrogens with one attached hydrogen (secondary N) is 1. The number of aromatic nitrogens is 2. The topological polar surface area (TPSA) is 98.7 Å². The molecule has 1 unspecified atom stereocenters. The molecule has 0 spiro atoms. The Morgan fingerprint density at radius 2 is 1.62 bits per heavy atom. The molecule has 1 aliphatic heterocycles. The second kappa shape index (κ2) is 11.4. The van der Waals surface area contributed by atoms with Crippen LogP contribution in [0, 0.1) is 0 Å². The van der Waals surface area contributed by atoms with E-state index in [0.717, 1.165) is 5.56 Å². The van der Waals surface area contributed by atoms with Crippen molar-refractivity contribution in [2.24, 2.45) is 0 Å². The first kappa shape index (κ1) is 25.8. The van der Waals surface area contributed by atoms with Crippen LogP contribution < -0.4 is 10.2 Å². The fraction of sp³-hybridized carbons (Fsp3) is 0.476. The molecule has 3 rings (SSSR count). The second-order valence-electron chi connectivity index (χ2n) is 7.35. The van der Waals surface area contributed by atoms with Crippen molar-refractivity contribution in [2.45, 2.75) is 31.7 Å². The monoisotopic (exact) mass is 482 g/mol. The van der Waals surface area contributed by atoms with Crippen molar-refractivity contribution in [2.75, 3.05) is 44.2 Å². The van der Waals surface area contributed by atoms with Crippen molar-refractivity contribution in [3.8, 4) is 0 Å². The van der Waals surface area contributed by atoms with Gasteiger partial charge in [0.05, 0.1) is 10.9 Å². The molecule has 1 fully saturated rings. The maximum atomic E-state index is 12.7. The van der Waals surface area contributed by atoms with Gasteiger partial charge in [0.2, 0.25) is 16.0 Å². The van der Waals surface area contributed by atoms with Gasteiger partial charge >= 0.3 is 6.03 Å². The number of piperazine rings is 1. The van der Waals surface area contributed by atoms with Crippen molar-refractivity contribution < 1.29 is 13.2 Å². The maximum absolute atomic E-state index is 12.7. The third kappa shape index (κ3) is 5.87. The molecule has 1 aromatic carbocycles. The van der Waals surface area contributed by atoms with Gasteiger partial charge in [-0.05, 0) is 30.7 Å². The lowest BCUT2D eigenvalue weighted by Gasteiger charge is -2.35. The minimum absolute atomic E-state index is 0. The predicted molar refractivity (Wildman–Crippen MR) is 127 cm³/mol. The average molecular weight is 483 g/mol. The Morgan fingerprint density at radius 3 is 2.16 bits per heavy atom. The Hall–Kier alpha value is -2.43. The van der Waals surface area contributed by atoms with Gasteiger partial charge < -0.3 is 15.1 Å². The number of nitrogens with zero attached hydrogens (tertiary/aromatic N) is 5. The number of hydrogen-bond acceptors (Lipinski definition) is 6. The summed E-state index contributed by atoms with van der Waals surface area (Å²) in [7, 11) is -3.49. The number of anilines is 1. The molecule has 2 aromatic rings.